The molecule has 3 rings (SSSR count). The van der Waals surface area contributed by atoms with Crippen molar-refractivity contribution in [3.05, 3.63) is 39.4 Å². The van der Waals surface area contributed by atoms with Crippen LogP contribution >= 0.6 is 0 Å². The molecule has 1 aromatic heterocycles. The molecule has 2 aromatic rings. The highest BCUT2D eigenvalue weighted by molar-refractivity contribution is 6.05. The number of benzene rings is 1. The van der Waals surface area contributed by atoms with Gasteiger partial charge in [0.15, 0.2) is 5.78 Å². The second kappa shape index (κ2) is 4.49. The van der Waals surface area contributed by atoms with Crippen LogP contribution in [0.15, 0.2) is 16.9 Å². The van der Waals surface area contributed by atoms with E-state index in [9.17, 15) is 9.59 Å². The number of fused-ring (bicyclic) bond motifs is 1. The Morgan fingerprint density at radius 2 is 2.05 bits per heavy atom. The average molecular weight is 286 g/mol. The van der Waals surface area contributed by atoms with Crippen molar-refractivity contribution in [1.82, 2.24) is 9.55 Å². The second-order valence-corrected chi connectivity index (χ2v) is 5.76. The summed E-state index contributed by atoms with van der Waals surface area (Å²) in [6, 6.07) is 3.57. The summed E-state index contributed by atoms with van der Waals surface area (Å²) in [5.41, 5.74) is 1.25. The van der Waals surface area contributed by atoms with Crippen LogP contribution in [0, 0.1) is 6.92 Å². The molecule has 0 amide bonds. The summed E-state index contributed by atoms with van der Waals surface area (Å²) >= 11 is 0. The Kier molecular flexibility index (Phi) is 2.99. The molecule has 1 aliphatic carbocycles. The molecule has 0 N–H and O–H groups in total. The molecule has 0 atom stereocenters. The molecule has 0 aliphatic heterocycles. The van der Waals surface area contributed by atoms with Crippen LogP contribution in [0.2, 0.25) is 0 Å². The van der Waals surface area contributed by atoms with Gasteiger partial charge in [-0.05, 0) is 44.4 Å². The van der Waals surface area contributed by atoms with Gasteiger partial charge in [-0.1, -0.05) is 0 Å². The van der Waals surface area contributed by atoms with E-state index in [1.54, 1.807) is 30.9 Å². The van der Waals surface area contributed by atoms with Crippen molar-refractivity contribution in [2.45, 2.75) is 32.3 Å². The minimum absolute atomic E-state index is 0.0855. The van der Waals surface area contributed by atoms with E-state index >= 15 is 0 Å². The van der Waals surface area contributed by atoms with E-state index in [0.717, 1.165) is 18.4 Å². The van der Waals surface area contributed by atoms with E-state index in [0.29, 0.717) is 22.3 Å². The third-order valence-corrected chi connectivity index (χ3v) is 4.21. The monoisotopic (exact) mass is 286 g/mol. The van der Waals surface area contributed by atoms with Crippen LogP contribution in [-0.4, -0.2) is 22.4 Å². The van der Waals surface area contributed by atoms with Gasteiger partial charge in [0.05, 0.1) is 10.9 Å². The molecule has 0 radical (unpaired) electrons. The molecule has 0 bridgehead atoms. The normalized spacial score (nSPS) is 16.2. The fourth-order valence-electron chi connectivity index (χ4n) is 2.83. The van der Waals surface area contributed by atoms with Crippen LogP contribution in [0.25, 0.3) is 10.9 Å². The predicted molar refractivity (Wildman–Crippen MR) is 79.6 cm³/mol. The third kappa shape index (κ3) is 2.00. The summed E-state index contributed by atoms with van der Waals surface area (Å²) < 4.78 is 7.08. The fourth-order valence-corrected chi connectivity index (χ4v) is 2.83. The van der Waals surface area contributed by atoms with Crippen molar-refractivity contribution in [3.8, 4) is 0 Å². The van der Waals surface area contributed by atoms with Crippen molar-refractivity contribution in [2.24, 2.45) is 7.05 Å². The Morgan fingerprint density at radius 1 is 1.38 bits per heavy atom. The number of hydrogen-bond donors (Lipinski definition) is 0. The maximum Gasteiger partial charge on any atom is 0.261 e. The van der Waals surface area contributed by atoms with Gasteiger partial charge in [-0.25, -0.2) is 4.98 Å². The minimum atomic E-state index is -0.471. The first-order valence-electron chi connectivity index (χ1n) is 6.97. The molecule has 1 aliphatic rings. The molecule has 110 valence electrons. The summed E-state index contributed by atoms with van der Waals surface area (Å²) in [4.78, 5) is 29.1. The van der Waals surface area contributed by atoms with E-state index in [-0.39, 0.29) is 11.3 Å². The van der Waals surface area contributed by atoms with Crippen LogP contribution in [0.1, 0.15) is 41.5 Å². The molecule has 0 unspecified atom stereocenters. The van der Waals surface area contributed by atoms with Crippen molar-refractivity contribution >= 4 is 16.7 Å². The first kappa shape index (κ1) is 13.9. The van der Waals surface area contributed by atoms with Gasteiger partial charge in [0.25, 0.3) is 5.56 Å². The Bertz CT molecular complexity index is 816. The summed E-state index contributed by atoms with van der Waals surface area (Å²) in [5, 5.41) is 0.485. The van der Waals surface area contributed by atoms with Crippen molar-refractivity contribution in [1.29, 1.82) is 0 Å². The molecular weight excluding hydrogens is 268 g/mol. The quantitative estimate of drug-likeness (QED) is 0.810. The SMILES string of the molecule is COC1(c2nc3c(C(C)=O)cc(C)cc3c(=O)n2C)CC1. The zero-order valence-corrected chi connectivity index (χ0v) is 12.7. The molecule has 1 fully saturated rings. The van der Waals surface area contributed by atoms with Crippen LogP contribution in [-0.2, 0) is 17.4 Å². The molecule has 0 saturated heterocycles. The first-order chi connectivity index (χ1) is 9.89. The molecule has 0 spiro atoms. The highest BCUT2D eigenvalue weighted by atomic mass is 16.5. The lowest BCUT2D eigenvalue weighted by molar-refractivity contribution is 0.0677. The number of aromatic nitrogens is 2. The standard InChI is InChI=1S/C16H18N2O3/c1-9-7-11(10(2)19)13-12(8-9)14(20)18(3)15(17-13)16(21-4)5-6-16/h7-8H,5-6H2,1-4H3. The molecule has 21 heavy (non-hydrogen) atoms. The van der Waals surface area contributed by atoms with Crippen LogP contribution in [0.3, 0.4) is 0 Å². The summed E-state index contributed by atoms with van der Waals surface area (Å²) in [7, 11) is 3.34. The van der Waals surface area contributed by atoms with Gasteiger partial charge in [0.1, 0.15) is 11.4 Å². The van der Waals surface area contributed by atoms with Crippen molar-refractivity contribution < 1.29 is 9.53 Å². The average Bonchev–Trinajstić information content (AvgIpc) is 3.23. The lowest BCUT2D eigenvalue weighted by Crippen LogP contribution is -2.28. The smallest absolute Gasteiger partial charge is 0.261 e. The van der Waals surface area contributed by atoms with Crippen molar-refractivity contribution in [3.63, 3.8) is 0 Å². The Balaban J connectivity index is 2.42. The van der Waals surface area contributed by atoms with Gasteiger partial charge < -0.3 is 4.74 Å². The number of carbonyl (C=O) groups is 1. The number of nitrogens with zero attached hydrogens (tertiary/aromatic N) is 2. The number of ketones is 1. The fraction of sp³-hybridized carbons (Fsp3) is 0.438. The van der Waals surface area contributed by atoms with Crippen LogP contribution in [0.4, 0.5) is 0 Å². The molecule has 1 saturated carbocycles. The van der Waals surface area contributed by atoms with Crippen molar-refractivity contribution in [2.75, 3.05) is 7.11 Å². The first-order valence-corrected chi connectivity index (χ1v) is 6.97. The van der Waals surface area contributed by atoms with Gasteiger partial charge >= 0.3 is 0 Å². The lowest BCUT2D eigenvalue weighted by atomic mass is 10.0. The Hall–Kier alpha value is -2.01. The largest absolute Gasteiger partial charge is 0.370 e. The van der Waals surface area contributed by atoms with E-state index in [1.807, 2.05) is 6.92 Å². The van der Waals surface area contributed by atoms with Crippen LogP contribution < -0.4 is 5.56 Å². The lowest BCUT2D eigenvalue weighted by Gasteiger charge is -2.18. The summed E-state index contributed by atoms with van der Waals surface area (Å²) in [6.07, 6.45) is 1.69. The maximum atomic E-state index is 12.6. The number of rotatable bonds is 3. The highest BCUT2D eigenvalue weighted by Crippen LogP contribution is 2.47. The topological polar surface area (TPSA) is 61.2 Å². The number of hydrogen-bond acceptors (Lipinski definition) is 4. The highest BCUT2D eigenvalue weighted by Gasteiger charge is 2.48. The molecule has 1 heterocycles. The van der Waals surface area contributed by atoms with Gasteiger partial charge in [0, 0.05) is 19.7 Å². The van der Waals surface area contributed by atoms with E-state index < -0.39 is 5.60 Å². The predicted octanol–water partition coefficient (Wildman–Crippen LogP) is 2.08. The minimum Gasteiger partial charge on any atom is -0.370 e. The van der Waals surface area contributed by atoms with Crippen LogP contribution in [0.5, 0.6) is 0 Å². The Morgan fingerprint density at radius 3 is 2.57 bits per heavy atom. The van der Waals surface area contributed by atoms with Gasteiger partial charge in [-0.3, -0.25) is 14.2 Å². The number of carbonyl (C=O) groups excluding carboxylic acids is 1. The molecule has 1 aromatic carbocycles. The molecule has 5 heteroatoms. The zero-order valence-electron chi connectivity index (χ0n) is 12.7. The zero-order chi connectivity index (χ0) is 15.4. The summed E-state index contributed by atoms with van der Waals surface area (Å²) in [6.45, 7) is 3.37. The maximum absolute atomic E-state index is 12.6. The van der Waals surface area contributed by atoms with Gasteiger partial charge in [-0.2, -0.15) is 0 Å². The third-order valence-electron chi connectivity index (χ3n) is 4.21. The molecular formula is C16H18N2O3. The van der Waals surface area contributed by atoms with E-state index in [2.05, 4.69) is 4.98 Å². The van der Waals surface area contributed by atoms with E-state index in [1.165, 1.54) is 6.92 Å². The van der Waals surface area contributed by atoms with Gasteiger partial charge in [-0.15, -0.1) is 0 Å². The number of ether oxygens (including phenoxy) is 1. The number of methoxy groups -OCH3 is 1. The number of aryl methyl sites for hydroxylation is 1. The van der Waals surface area contributed by atoms with Gasteiger partial charge in [0.2, 0.25) is 0 Å². The van der Waals surface area contributed by atoms with E-state index in [4.69, 9.17) is 4.74 Å². The number of Topliss-reactive ketones (excluding diaryl/α,β-unsaturated/α-hetero) is 1. The Labute approximate surface area is 122 Å². The summed E-state index contributed by atoms with van der Waals surface area (Å²) in [5.74, 6) is 0.520. The molecule has 5 nitrogen and oxygen atoms in total. The second-order valence-electron chi connectivity index (χ2n) is 5.76.